The molecular formula is C13H16N2O3. The van der Waals surface area contributed by atoms with Crippen LogP contribution in [0.15, 0.2) is 18.2 Å². The maximum Gasteiger partial charge on any atom is 0.308 e. The van der Waals surface area contributed by atoms with Gasteiger partial charge in [-0.15, -0.1) is 0 Å². The van der Waals surface area contributed by atoms with Crippen LogP contribution in [0.5, 0.6) is 0 Å². The number of primary amides is 1. The molecule has 0 radical (unpaired) electrons. The average molecular weight is 248 g/mol. The molecule has 5 nitrogen and oxygen atoms in total. The van der Waals surface area contributed by atoms with Gasteiger partial charge in [-0.3, -0.25) is 9.59 Å². The molecule has 1 heterocycles. The smallest absolute Gasteiger partial charge is 0.308 e. The first-order chi connectivity index (χ1) is 8.49. The number of amides is 1. The van der Waals surface area contributed by atoms with E-state index in [2.05, 4.69) is 0 Å². The number of aryl methyl sites for hydroxylation is 1. The number of carboxylic acid groups (broad SMARTS) is 1. The lowest BCUT2D eigenvalue weighted by atomic mass is 10.1. The zero-order valence-corrected chi connectivity index (χ0v) is 10.2. The van der Waals surface area contributed by atoms with Crippen molar-refractivity contribution in [1.29, 1.82) is 0 Å². The molecule has 1 aliphatic heterocycles. The number of carbonyl (C=O) groups is 2. The SMILES string of the molecule is Cc1cc(C(N)=O)ccc1N1CCC(C(=O)O)C1. The van der Waals surface area contributed by atoms with E-state index in [-0.39, 0.29) is 5.92 Å². The number of hydrogen-bond acceptors (Lipinski definition) is 3. The normalized spacial score (nSPS) is 18.9. The minimum absolute atomic E-state index is 0.305. The zero-order valence-electron chi connectivity index (χ0n) is 10.2. The van der Waals surface area contributed by atoms with Gasteiger partial charge in [0.1, 0.15) is 0 Å². The first-order valence-corrected chi connectivity index (χ1v) is 5.87. The van der Waals surface area contributed by atoms with Crippen molar-refractivity contribution < 1.29 is 14.7 Å². The standard InChI is InChI=1S/C13H16N2O3/c1-8-6-9(12(14)16)2-3-11(8)15-5-4-10(7-15)13(17)18/h2-3,6,10H,4-5,7H2,1H3,(H2,14,16)(H,17,18). The van der Waals surface area contributed by atoms with E-state index < -0.39 is 11.9 Å². The van der Waals surface area contributed by atoms with Crippen LogP contribution in [0.1, 0.15) is 22.3 Å². The number of carboxylic acids is 1. The molecule has 1 fully saturated rings. The lowest BCUT2D eigenvalue weighted by Gasteiger charge is -2.20. The Morgan fingerprint density at radius 1 is 1.44 bits per heavy atom. The Balaban J connectivity index is 2.20. The van der Waals surface area contributed by atoms with Gasteiger partial charge in [0.05, 0.1) is 5.92 Å². The Labute approximate surface area is 105 Å². The van der Waals surface area contributed by atoms with Crippen molar-refractivity contribution in [3.05, 3.63) is 29.3 Å². The summed E-state index contributed by atoms with van der Waals surface area (Å²) in [5, 5.41) is 8.98. The van der Waals surface area contributed by atoms with Gasteiger partial charge in [0, 0.05) is 24.3 Å². The molecule has 5 heteroatoms. The van der Waals surface area contributed by atoms with Crippen LogP contribution in [-0.2, 0) is 4.79 Å². The molecule has 0 aliphatic carbocycles. The third kappa shape index (κ3) is 2.30. The third-order valence-electron chi connectivity index (χ3n) is 3.36. The zero-order chi connectivity index (χ0) is 13.3. The Morgan fingerprint density at radius 3 is 2.67 bits per heavy atom. The topological polar surface area (TPSA) is 83.6 Å². The fourth-order valence-corrected chi connectivity index (χ4v) is 2.34. The molecule has 18 heavy (non-hydrogen) atoms. The second-order valence-electron chi connectivity index (χ2n) is 4.64. The summed E-state index contributed by atoms with van der Waals surface area (Å²) in [6.45, 7) is 3.15. The predicted octanol–water partition coefficient (Wildman–Crippen LogP) is 1.00. The third-order valence-corrected chi connectivity index (χ3v) is 3.36. The maximum absolute atomic E-state index is 11.1. The number of nitrogens with zero attached hydrogens (tertiary/aromatic N) is 1. The molecule has 96 valence electrons. The molecule has 1 unspecified atom stereocenters. The second-order valence-corrected chi connectivity index (χ2v) is 4.64. The second kappa shape index (κ2) is 4.68. The van der Waals surface area contributed by atoms with E-state index in [4.69, 9.17) is 10.8 Å². The van der Waals surface area contributed by atoms with Crippen LogP contribution in [0.3, 0.4) is 0 Å². The van der Waals surface area contributed by atoms with Crippen LogP contribution < -0.4 is 10.6 Å². The fraction of sp³-hybridized carbons (Fsp3) is 0.385. The van der Waals surface area contributed by atoms with E-state index in [1.54, 1.807) is 12.1 Å². The number of hydrogen-bond donors (Lipinski definition) is 2. The van der Waals surface area contributed by atoms with Gasteiger partial charge in [-0.1, -0.05) is 0 Å². The van der Waals surface area contributed by atoms with E-state index in [0.717, 1.165) is 17.8 Å². The van der Waals surface area contributed by atoms with Gasteiger partial charge in [-0.25, -0.2) is 0 Å². The Morgan fingerprint density at radius 2 is 2.17 bits per heavy atom. The van der Waals surface area contributed by atoms with E-state index in [0.29, 0.717) is 18.5 Å². The van der Waals surface area contributed by atoms with Gasteiger partial charge >= 0.3 is 5.97 Å². The van der Waals surface area contributed by atoms with Crippen molar-refractivity contribution in [2.24, 2.45) is 11.7 Å². The number of benzene rings is 1. The maximum atomic E-state index is 11.1. The van der Waals surface area contributed by atoms with Crippen molar-refractivity contribution in [1.82, 2.24) is 0 Å². The lowest BCUT2D eigenvalue weighted by molar-refractivity contribution is -0.140. The molecular weight excluding hydrogens is 232 g/mol. The first-order valence-electron chi connectivity index (χ1n) is 5.87. The van der Waals surface area contributed by atoms with Crippen molar-refractivity contribution in [2.45, 2.75) is 13.3 Å². The number of carbonyl (C=O) groups excluding carboxylic acids is 1. The summed E-state index contributed by atoms with van der Waals surface area (Å²) in [4.78, 5) is 24.0. The molecule has 1 amide bonds. The summed E-state index contributed by atoms with van der Waals surface area (Å²) in [6.07, 6.45) is 0.659. The lowest BCUT2D eigenvalue weighted by Crippen LogP contribution is -2.23. The number of rotatable bonds is 3. The molecule has 1 aliphatic rings. The highest BCUT2D eigenvalue weighted by Crippen LogP contribution is 2.27. The molecule has 2 rings (SSSR count). The number of anilines is 1. The molecule has 1 aromatic rings. The van der Waals surface area contributed by atoms with Gasteiger partial charge in [-0.2, -0.15) is 0 Å². The van der Waals surface area contributed by atoms with Crippen LogP contribution in [-0.4, -0.2) is 30.1 Å². The van der Waals surface area contributed by atoms with Crippen molar-refractivity contribution in [3.8, 4) is 0 Å². The fourth-order valence-electron chi connectivity index (χ4n) is 2.34. The van der Waals surface area contributed by atoms with Crippen LogP contribution in [0.2, 0.25) is 0 Å². The van der Waals surface area contributed by atoms with Crippen molar-refractivity contribution in [3.63, 3.8) is 0 Å². The highest BCUT2D eigenvalue weighted by Gasteiger charge is 2.28. The molecule has 1 saturated heterocycles. The first kappa shape index (κ1) is 12.4. The summed E-state index contributed by atoms with van der Waals surface area (Å²) in [5.74, 6) is -1.50. The summed E-state index contributed by atoms with van der Waals surface area (Å²) in [5.41, 5.74) is 7.61. The highest BCUT2D eigenvalue weighted by molar-refractivity contribution is 5.93. The van der Waals surface area contributed by atoms with Gasteiger partial charge in [0.15, 0.2) is 0 Å². The summed E-state index contributed by atoms with van der Waals surface area (Å²) < 4.78 is 0. The highest BCUT2D eigenvalue weighted by atomic mass is 16.4. The monoisotopic (exact) mass is 248 g/mol. The van der Waals surface area contributed by atoms with Crippen LogP contribution in [0.25, 0.3) is 0 Å². The van der Waals surface area contributed by atoms with Gasteiger partial charge in [0.2, 0.25) is 5.91 Å². The van der Waals surface area contributed by atoms with Crippen LogP contribution >= 0.6 is 0 Å². The Kier molecular flexibility index (Phi) is 3.23. The molecule has 1 atom stereocenters. The average Bonchev–Trinajstić information content (AvgIpc) is 2.78. The van der Waals surface area contributed by atoms with Gasteiger partial charge in [-0.05, 0) is 37.1 Å². The van der Waals surface area contributed by atoms with Crippen molar-refractivity contribution in [2.75, 3.05) is 18.0 Å². The minimum atomic E-state index is -0.746. The molecule has 0 saturated carbocycles. The number of aliphatic carboxylic acids is 1. The molecule has 0 spiro atoms. The minimum Gasteiger partial charge on any atom is -0.481 e. The summed E-state index contributed by atoms with van der Waals surface area (Å²) >= 11 is 0. The van der Waals surface area contributed by atoms with Crippen LogP contribution in [0.4, 0.5) is 5.69 Å². The Hall–Kier alpha value is -2.04. The molecule has 0 bridgehead atoms. The largest absolute Gasteiger partial charge is 0.481 e. The van der Waals surface area contributed by atoms with E-state index in [9.17, 15) is 9.59 Å². The predicted molar refractivity (Wildman–Crippen MR) is 67.7 cm³/mol. The quantitative estimate of drug-likeness (QED) is 0.836. The molecule has 0 aromatic heterocycles. The summed E-state index contributed by atoms with van der Waals surface area (Å²) in [7, 11) is 0. The van der Waals surface area contributed by atoms with E-state index in [1.807, 2.05) is 17.9 Å². The van der Waals surface area contributed by atoms with Crippen LogP contribution in [0, 0.1) is 12.8 Å². The number of nitrogens with two attached hydrogens (primary N) is 1. The van der Waals surface area contributed by atoms with E-state index >= 15 is 0 Å². The van der Waals surface area contributed by atoms with Crippen molar-refractivity contribution >= 4 is 17.6 Å². The summed E-state index contributed by atoms with van der Waals surface area (Å²) in [6, 6.07) is 5.25. The molecule has 3 N–H and O–H groups in total. The van der Waals surface area contributed by atoms with E-state index in [1.165, 1.54) is 0 Å². The van der Waals surface area contributed by atoms with Gasteiger partial charge < -0.3 is 15.7 Å². The molecule has 1 aromatic carbocycles. The Bertz CT molecular complexity index is 499. The van der Waals surface area contributed by atoms with Gasteiger partial charge in [0.25, 0.3) is 0 Å².